The average Bonchev–Trinajstić information content (AvgIpc) is 2.64. The van der Waals surface area contributed by atoms with Crippen molar-refractivity contribution >= 4 is 45.2 Å². The summed E-state index contributed by atoms with van der Waals surface area (Å²) in [5.74, 6) is 0.331. The molecule has 0 spiro atoms. The van der Waals surface area contributed by atoms with Crippen LogP contribution >= 0.6 is 23.2 Å². The van der Waals surface area contributed by atoms with Gasteiger partial charge in [-0.1, -0.05) is 23.2 Å². The summed E-state index contributed by atoms with van der Waals surface area (Å²) in [4.78, 5) is 12.3. The Labute approximate surface area is 167 Å². The van der Waals surface area contributed by atoms with Gasteiger partial charge in [-0.3, -0.25) is 4.79 Å². The third-order valence-corrected chi connectivity index (χ3v) is 5.77. The maximum absolute atomic E-state index is 12.2. The van der Waals surface area contributed by atoms with Crippen molar-refractivity contribution in [3.63, 3.8) is 0 Å². The molecule has 0 saturated heterocycles. The van der Waals surface area contributed by atoms with E-state index in [1.165, 1.54) is 24.3 Å². The van der Waals surface area contributed by atoms with Gasteiger partial charge in [0.05, 0.1) is 10.5 Å². The first-order chi connectivity index (χ1) is 12.8. The predicted octanol–water partition coefficient (Wildman–Crippen LogP) is 2.86. The molecule has 0 aromatic heterocycles. The number of ether oxygens (including phenoxy) is 1. The Morgan fingerprint density at radius 2 is 1.74 bits per heavy atom. The Hall–Kier alpha value is -2.06. The molecule has 0 unspecified atom stereocenters. The monoisotopic (exact) mass is 426 g/mol. The van der Waals surface area contributed by atoms with Crippen LogP contribution in [-0.4, -0.2) is 34.0 Å². The van der Waals surface area contributed by atoms with E-state index < -0.39 is 10.0 Å². The zero-order chi connectivity index (χ0) is 19.4. The molecular weight excluding hydrogens is 411 g/mol. The van der Waals surface area contributed by atoms with E-state index in [1.54, 1.807) is 24.3 Å². The van der Waals surface area contributed by atoms with Crippen LogP contribution in [0.25, 0.3) is 6.08 Å². The molecular formula is C18H16Cl2N2O4S. The number of hydrogen-bond donors (Lipinski definition) is 2. The highest BCUT2D eigenvalue weighted by atomic mass is 35.5. The van der Waals surface area contributed by atoms with Crippen molar-refractivity contribution in [2.24, 2.45) is 0 Å². The molecule has 1 aliphatic rings. The summed E-state index contributed by atoms with van der Waals surface area (Å²) in [7, 11) is -3.66. The topological polar surface area (TPSA) is 84.5 Å². The van der Waals surface area contributed by atoms with Gasteiger partial charge in [-0.25, -0.2) is 13.1 Å². The zero-order valence-electron chi connectivity index (χ0n) is 14.0. The molecule has 3 rings (SSSR count). The standard InChI is InChI=1S/C18H16Cl2N2O4S/c19-14-1-4-16(5-2-14)27(24,25)22-8-7-21-18(23)13-9-12-10-15(20)3-6-17(12)26-11-13/h1-6,9-10,22H,7-8,11H2,(H,21,23). The molecule has 0 radical (unpaired) electrons. The highest BCUT2D eigenvalue weighted by molar-refractivity contribution is 7.89. The van der Waals surface area contributed by atoms with Crippen LogP contribution in [0, 0.1) is 0 Å². The van der Waals surface area contributed by atoms with Crippen LogP contribution in [0.5, 0.6) is 5.75 Å². The van der Waals surface area contributed by atoms with Gasteiger partial charge in [-0.05, 0) is 48.5 Å². The Morgan fingerprint density at radius 3 is 2.48 bits per heavy atom. The average molecular weight is 427 g/mol. The molecule has 2 aromatic rings. The van der Waals surface area contributed by atoms with Crippen molar-refractivity contribution in [1.82, 2.24) is 10.0 Å². The summed E-state index contributed by atoms with van der Waals surface area (Å²) in [6.07, 6.45) is 1.71. The summed E-state index contributed by atoms with van der Waals surface area (Å²) in [5.41, 5.74) is 1.16. The second kappa shape index (κ2) is 8.31. The van der Waals surface area contributed by atoms with Crippen molar-refractivity contribution < 1.29 is 17.9 Å². The molecule has 2 aromatic carbocycles. The minimum atomic E-state index is -3.66. The van der Waals surface area contributed by atoms with Gasteiger partial charge in [0.15, 0.2) is 0 Å². The van der Waals surface area contributed by atoms with Crippen LogP contribution < -0.4 is 14.8 Å². The van der Waals surface area contributed by atoms with Crippen molar-refractivity contribution in [3.8, 4) is 5.75 Å². The second-order valence-corrected chi connectivity index (χ2v) is 8.39. The van der Waals surface area contributed by atoms with Gasteiger partial charge in [0.25, 0.3) is 5.91 Å². The fraction of sp³-hybridized carbons (Fsp3) is 0.167. The largest absolute Gasteiger partial charge is 0.488 e. The Morgan fingerprint density at radius 1 is 1.04 bits per heavy atom. The van der Waals surface area contributed by atoms with Gasteiger partial charge >= 0.3 is 0 Å². The van der Waals surface area contributed by atoms with Crippen LogP contribution in [0.15, 0.2) is 52.9 Å². The lowest BCUT2D eigenvalue weighted by Gasteiger charge is -2.18. The second-order valence-electron chi connectivity index (χ2n) is 5.75. The van der Waals surface area contributed by atoms with Crippen LogP contribution in [0.4, 0.5) is 0 Å². The molecule has 1 aliphatic heterocycles. The summed E-state index contributed by atoms with van der Waals surface area (Å²) in [5, 5.41) is 3.66. The molecule has 0 atom stereocenters. The maximum Gasteiger partial charge on any atom is 0.250 e. The predicted molar refractivity (Wildman–Crippen MR) is 105 cm³/mol. The fourth-order valence-electron chi connectivity index (χ4n) is 2.45. The van der Waals surface area contributed by atoms with E-state index in [9.17, 15) is 13.2 Å². The molecule has 0 bridgehead atoms. The van der Waals surface area contributed by atoms with Gasteiger partial charge in [-0.2, -0.15) is 0 Å². The maximum atomic E-state index is 12.2. The third-order valence-electron chi connectivity index (χ3n) is 3.80. The molecule has 1 heterocycles. The number of rotatable bonds is 6. The minimum Gasteiger partial charge on any atom is -0.488 e. The summed E-state index contributed by atoms with van der Waals surface area (Å²) in [6, 6.07) is 11.0. The van der Waals surface area contributed by atoms with Crippen LogP contribution in [-0.2, 0) is 14.8 Å². The zero-order valence-corrected chi connectivity index (χ0v) is 16.4. The van der Waals surface area contributed by atoms with Crippen molar-refractivity contribution in [2.45, 2.75) is 4.90 Å². The quantitative estimate of drug-likeness (QED) is 0.695. The van der Waals surface area contributed by atoms with E-state index in [-0.39, 0.29) is 30.5 Å². The molecule has 0 fully saturated rings. The first kappa shape index (κ1) is 19.7. The minimum absolute atomic E-state index is 0.0489. The third kappa shape index (κ3) is 5.01. The van der Waals surface area contributed by atoms with Crippen LogP contribution in [0.1, 0.15) is 5.56 Å². The number of carbonyl (C=O) groups excluding carboxylic acids is 1. The van der Waals surface area contributed by atoms with Gasteiger partial charge in [-0.15, -0.1) is 0 Å². The number of amides is 1. The molecule has 142 valence electrons. The van der Waals surface area contributed by atoms with Crippen molar-refractivity contribution in [1.29, 1.82) is 0 Å². The Balaban J connectivity index is 1.53. The number of benzene rings is 2. The van der Waals surface area contributed by atoms with Crippen molar-refractivity contribution in [3.05, 3.63) is 63.6 Å². The first-order valence-electron chi connectivity index (χ1n) is 8.01. The number of fused-ring (bicyclic) bond motifs is 1. The SMILES string of the molecule is O=C(NCCNS(=O)(=O)c1ccc(Cl)cc1)C1=Cc2cc(Cl)ccc2OC1. The highest BCUT2D eigenvalue weighted by Gasteiger charge is 2.18. The van der Waals surface area contributed by atoms with Gasteiger partial charge in [0.2, 0.25) is 10.0 Å². The van der Waals surface area contributed by atoms with Gasteiger partial charge < -0.3 is 10.1 Å². The van der Waals surface area contributed by atoms with Gasteiger partial charge in [0, 0.05) is 28.7 Å². The molecule has 27 heavy (non-hydrogen) atoms. The first-order valence-corrected chi connectivity index (χ1v) is 10.3. The van der Waals surface area contributed by atoms with E-state index in [0.29, 0.717) is 21.4 Å². The van der Waals surface area contributed by atoms with Crippen molar-refractivity contribution in [2.75, 3.05) is 19.7 Å². The normalized spacial score (nSPS) is 13.3. The Bertz CT molecular complexity index is 989. The van der Waals surface area contributed by atoms with Gasteiger partial charge in [0.1, 0.15) is 12.4 Å². The smallest absolute Gasteiger partial charge is 0.250 e. The lowest BCUT2D eigenvalue weighted by Crippen LogP contribution is -2.36. The fourth-order valence-corrected chi connectivity index (χ4v) is 3.79. The number of nitrogens with one attached hydrogen (secondary N) is 2. The van der Waals surface area contributed by atoms with E-state index in [1.807, 2.05) is 0 Å². The Kier molecular flexibility index (Phi) is 6.06. The number of carbonyl (C=O) groups is 1. The van der Waals surface area contributed by atoms with Crippen LogP contribution in [0.2, 0.25) is 10.0 Å². The molecule has 0 saturated carbocycles. The summed E-state index contributed by atoms with van der Waals surface area (Å²) in [6.45, 7) is 0.315. The summed E-state index contributed by atoms with van der Waals surface area (Å²) >= 11 is 11.7. The molecule has 9 heteroatoms. The summed E-state index contributed by atoms with van der Waals surface area (Å²) < 4.78 is 32.2. The van der Waals surface area contributed by atoms with E-state index in [2.05, 4.69) is 10.0 Å². The molecule has 1 amide bonds. The van der Waals surface area contributed by atoms with E-state index in [4.69, 9.17) is 27.9 Å². The number of hydrogen-bond acceptors (Lipinski definition) is 4. The van der Waals surface area contributed by atoms with Crippen LogP contribution in [0.3, 0.4) is 0 Å². The number of halogens is 2. The molecule has 2 N–H and O–H groups in total. The van der Waals surface area contributed by atoms with E-state index >= 15 is 0 Å². The molecule has 0 aliphatic carbocycles. The molecule has 6 nitrogen and oxygen atoms in total. The lowest BCUT2D eigenvalue weighted by molar-refractivity contribution is -0.117. The highest BCUT2D eigenvalue weighted by Crippen LogP contribution is 2.28. The van der Waals surface area contributed by atoms with E-state index in [0.717, 1.165) is 5.56 Å². The lowest BCUT2D eigenvalue weighted by atomic mass is 10.1. The number of sulfonamides is 1.